The van der Waals surface area contributed by atoms with Crippen LogP contribution >= 0.6 is 0 Å². The maximum Gasteiger partial charge on any atom is 0.265 e. The second-order valence-corrected chi connectivity index (χ2v) is 8.81. The fourth-order valence-corrected chi connectivity index (χ4v) is 4.47. The smallest absolute Gasteiger partial charge is 0.265 e. The molecule has 3 aromatic heterocycles. The van der Waals surface area contributed by atoms with Crippen LogP contribution in [0.1, 0.15) is 12.0 Å². The monoisotopic (exact) mass is 502 g/mol. The number of rotatable bonds is 6. The number of nitrogens with two attached hydrogens (primary N) is 2. The van der Waals surface area contributed by atoms with E-state index in [0.717, 1.165) is 12.1 Å². The Morgan fingerprint density at radius 1 is 1.08 bits per heavy atom. The van der Waals surface area contributed by atoms with Crippen LogP contribution in [0.3, 0.4) is 0 Å². The van der Waals surface area contributed by atoms with Gasteiger partial charge in [0.15, 0.2) is 23.1 Å². The molecule has 0 spiro atoms. The predicted molar refractivity (Wildman–Crippen MR) is 124 cm³/mol. The minimum Gasteiger partial charge on any atom is -0.385 e. The molecule has 5 rings (SSSR count). The third-order valence-electron chi connectivity index (χ3n) is 6.45. The number of halogens is 4. The van der Waals surface area contributed by atoms with Crippen molar-refractivity contribution < 1.29 is 22.7 Å². The standard InChI is InChI=1S/C23H22F4N8O/c24-14-2-1-12(5-15(14)25)16-6-13(8-35-11-33-18-21(28)31-10-32-22(18)35)17(7-30-16)34-4-3-23(29,9-34)19(36)20(26)27/h1-2,5-7,10-11,19-20,36H,3-4,8-9,29H2,(H2,28,31,32)/t19-,23-/m1/s1. The molecule has 1 saturated heterocycles. The topological polar surface area (TPSA) is 132 Å². The van der Waals surface area contributed by atoms with Gasteiger partial charge in [0.05, 0.1) is 36.0 Å². The summed E-state index contributed by atoms with van der Waals surface area (Å²) >= 11 is 0. The summed E-state index contributed by atoms with van der Waals surface area (Å²) in [6.45, 7) is 0.490. The minimum atomic E-state index is -2.98. The Labute approximate surface area is 202 Å². The summed E-state index contributed by atoms with van der Waals surface area (Å²) in [7, 11) is 0. The fraction of sp³-hybridized carbons (Fsp3) is 0.304. The van der Waals surface area contributed by atoms with E-state index in [2.05, 4.69) is 19.9 Å². The molecule has 9 nitrogen and oxygen atoms in total. The first-order valence-corrected chi connectivity index (χ1v) is 11.0. The molecule has 36 heavy (non-hydrogen) atoms. The fourth-order valence-electron chi connectivity index (χ4n) is 4.47. The van der Waals surface area contributed by atoms with E-state index in [1.165, 1.54) is 24.9 Å². The molecule has 1 aromatic carbocycles. The molecule has 0 unspecified atom stereocenters. The number of fused-ring (bicyclic) bond motifs is 1. The lowest BCUT2D eigenvalue weighted by Crippen LogP contribution is -2.55. The van der Waals surface area contributed by atoms with E-state index in [1.54, 1.807) is 15.5 Å². The number of aromatic nitrogens is 5. The van der Waals surface area contributed by atoms with Crippen LogP contribution in [0.4, 0.5) is 29.1 Å². The number of hydrogen-bond donors (Lipinski definition) is 3. The van der Waals surface area contributed by atoms with Gasteiger partial charge >= 0.3 is 0 Å². The number of alkyl halides is 2. The highest BCUT2D eigenvalue weighted by atomic mass is 19.3. The lowest BCUT2D eigenvalue weighted by atomic mass is 9.93. The van der Waals surface area contributed by atoms with Crippen molar-refractivity contribution >= 4 is 22.7 Å². The third-order valence-corrected chi connectivity index (χ3v) is 6.45. The largest absolute Gasteiger partial charge is 0.385 e. The molecule has 188 valence electrons. The third kappa shape index (κ3) is 4.20. The first kappa shape index (κ1) is 23.9. The molecule has 1 aliphatic rings. The van der Waals surface area contributed by atoms with Gasteiger partial charge in [0.1, 0.15) is 17.9 Å². The van der Waals surface area contributed by atoms with Crippen molar-refractivity contribution in [2.75, 3.05) is 23.7 Å². The van der Waals surface area contributed by atoms with E-state index in [9.17, 15) is 22.7 Å². The van der Waals surface area contributed by atoms with Crippen LogP contribution in [0.2, 0.25) is 0 Å². The molecule has 0 bridgehead atoms. The summed E-state index contributed by atoms with van der Waals surface area (Å²) in [5.74, 6) is -1.78. The highest BCUT2D eigenvalue weighted by molar-refractivity contribution is 5.81. The van der Waals surface area contributed by atoms with Crippen molar-refractivity contribution in [2.45, 2.75) is 31.0 Å². The van der Waals surface area contributed by atoms with Crippen molar-refractivity contribution in [3.05, 3.63) is 60.3 Å². The van der Waals surface area contributed by atoms with Crippen LogP contribution in [-0.2, 0) is 6.54 Å². The van der Waals surface area contributed by atoms with Gasteiger partial charge in [-0.05, 0) is 36.2 Å². The lowest BCUT2D eigenvalue weighted by Gasteiger charge is -2.30. The van der Waals surface area contributed by atoms with Crippen LogP contribution in [-0.4, -0.2) is 60.8 Å². The van der Waals surface area contributed by atoms with E-state index in [-0.39, 0.29) is 25.3 Å². The lowest BCUT2D eigenvalue weighted by molar-refractivity contribution is -0.0438. The Bertz CT molecular complexity index is 1430. The Kier molecular flexibility index (Phi) is 5.96. The van der Waals surface area contributed by atoms with Gasteiger partial charge in [-0.2, -0.15) is 0 Å². The van der Waals surface area contributed by atoms with Crippen molar-refractivity contribution in [3.8, 4) is 11.3 Å². The second kappa shape index (κ2) is 8.99. The van der Waals surface area contributed by atoms with E-state index in [0.29, 0.717) is 40.2 Å². The van der Waals surface area contributed by atoms with Crippen molar-refractivity contribution in [1.82, 2.24) is 24.5 Å². The molecule has 4 aromatic rings. The molecular weight excluding hydrogens is 480 g/mol. The number of anilines is 2. The molecule has 0 saturated carbocycles. The Balaban J connectivity index is 1.56. The molecule has 1 fully saturated rings. The molecule has 5 N–H and O–H groups in total. The summed E-state index contributed by atoms with van der Waals surface area (Å²) in [6.07, 6.45) is -0.460. The summed E-state index contributed by atoms with van der Waals surface area (Å²) in [5.41, 5.74) is 13.4. The van der Waals surface area contributed by atoms with Crippen LogP contribution in [0, 0.1) is 11.6 Å². The number of imidazole rings is 1. The molecule has 0 aliphatic carbocycles. The first-order valence-electron chi connectivity index (χ1n) is 11.0. The number of pyridine rings is 1. The zero-order valence-corrected chi connectivity index (χ0v) is 18.8. The Morgan fingerprint density at radius 3 is 2.64 bits per heavy atom. The van der Waals surface area contributed by atoms with Crippen LogP contribution < -0.4 is 16.4 Å². The Hall–Kier alpha value is -3.84. The highest BCUT2D eigenvalue weighted by Crippen LogP contribution is 2.34. The van der Waals surface area contributed by atoms with Gasteiger partial charge in [-0.25, -0.2) is 32.5 Å². The zero-order valence-electron chi connectivity index (χ0n) is 18.8. The highest BCUT2D eigenvalue weighted by Gasteiger charge is 2.45. The van der Waals surface area contributed by atoms with E-state index in [1.807, 2.05) is 0 Å². The van der Waals surface area contributed by atoms with Crippen LogP contribution in [0.5, 0.6) is 0 Å². The Morgan fingerprint density at radius 2 is 1.89 bits per heavy atom. The van der Waals surface area contributed by atoms with Crippen LogP contribution in [0.15, 0.2) is 43.1 Å². The van der Waals surface area contributed by atoms with E-state index in [4.69, 9.17) is 11.5 Å². The number of nitrogens with zero attached hydrogens (tertiary/aromatic N) is 6. The molecule has 0 amide bonds. The van der Waals surface area contributed by atoms with Crippen molar-refractivity contribution in [2.24, 2.45) is 5.73 Å². The van der Waals surface area contributed by atoms with Crippen molar-refractivity contribution in [3.63, 3.8) is 0 Å². The maximum absolute atomic E-state index is 13.9. The average Bonchev–Trinajstić information content (AvgIpc) is 3.45. The van der Waals surface area contributed by atoms with E-state index >= 15 is 0 Å². The molecule has 4 heterocycles. The molecule has 0 radical (unpaired) electrons. The van der Waals surface area contributed by atoms with Gasteiger partial charge in [-0.15, -0.1) is 0 Å². The van der Waals surface area contributed by atoms with Gasteiger partial charge in [0.25, 0.3) is 6.43 Å². The summed E-state index contributed by atoms with van der Waals surface area (Å²) in [5, 5.41) is 9.99. The van der Waals surface area contributed by atoms with Gasteiger partial charge in [-0.3, -0.25) is 4.98 Å². The maximum atomic E-state index is 13.9. The zero-order chi connectivity index (χ0) is 25.6. The van der Waals surface area contributed by atoms with Gasteiger partial charge in [0, 0.05) is 18.7 Å². The second-order valence-electron chi connectivity index (χ2n) is 8.81. The van der Waals surface area contributed by atoms with Gasteiger partial charge in [-0.1, -0.05) is 0 Å². The molecule has 13 heteroatoms. The summed E-state index contributed by atoms with van der Waals surface area (Å²) in [6, 6.07) is 5.16. The van der Waals surface area contributed by atoms with Gasteiger partial charge < -0.3 is 26.0 Å². The molecule has 1 aliphatic heterocycles. The number of benzene rings is 1. The van der Waals surface area contributed by atoms with Crippen molar-refractivity contribution in [1.29, 1.82) is 0 Å². The normalized spacial score (nSPS) is 18.9. The first-order chi connectivity index (χ1) is 17.2. The number of aliphatic hydroxyl groups is 1. The number of aliphatic hydroxyl groups excluding tert-OH is 1. The SMILES string of the molecule is Nc1ncnc2c1ncn2Cc1cc(-c2ccc(F)c(F)c2)ncc1N1CC[C@](N)([C@H](O)C(F)F)C1. The summed E-state index contributed by atoms with van der Waals surface area (Å²) in [4.78, 5) is 18.6. The summed E-state index contributed by atoms with van der Waals surface area (Å²) < 4.78 is 55.5. The number of nitrogen functional groups attached to an aromatic ring is 1. The quantitative estimate of drug-likeness (QED) is 0.343. The van der Waals surface area contributed by atoms with E-state index < -0.39 is 29.7 Å². The predicted octanol–water partition coefficient (Wildman–Crippen LogP) is 2.33. The van der Waals surface area contributed by atoms with Crippen LogP contribution in [0.25, 0.3) is 22.4 Å². The average molecular weight is 502 g/mol. The minimum absolute atomic E-state index is 0.0303. The molecule has 2 atom stereocenters. The van der Waals surface area contributed by atoms with Gasteiger partial charge in [0.2, 0.25) is 0 Å². The number of hydrogen-bond acceptors (Lipinski definition) is 8. The molecular formula is C23H22F4N8O.